The van der Waals surface area contributed by atoms with Crippen molar-refractivity contribution < 1.29 is 22.8 Å². The van der Waals surface area contributed by atoms with Gasteiger partial charge in [0.1, 0.15) is 5.54 Å². The number of fused-ring (bicyclic) bond motifs is 2. The van der Waals surface area contributed by atoms with Gasteiger partial charge in [0.2, 0.25) is 5.95 Å². The number of anilines is 1. The lowest BCUT2D eigenvalue weighted by molar-refractivity contribution is -0.129. The van der Waals surface area contributed by atoms with Gasteiger partial charge in [-0.05, 0) is 56.5 Å². The molecule has 4 aromatic rings. The van der Waals surface area contributed by atoms with Crippen molar-refractivity contribution in [1.29, 1.82) is 0 Å². The number of ketones is 1. The topological polar surface area (TPSA) is 189 Å². The highest BCUT2D eigenvalue weighted by Crippen LogP contribution is 2.58. The van der Waals surface area contributed by atoms with Gasteiger partial charge in [-0.2, -0.15) is 0 Å². The molecule has 0 radical (unpaired) electrons. The number of hydrogen-bond acceptors (Lipinski definition) is 11. The predicted octanol–water partition coefficient (Wildman–Crippen LogP) is 1.73. The lowest BCUT2D eigenvalue weighted by atomic mass is 9.71. The summed E-state index contributed by atoms with van der Waals surface area (Å²) in [7, 11) is -3.53. The summed E-state index contributed by atoms with van der Waals surface area (Å²) in [6, 6.07) is 8.35. The Labute approximate surface area is 264 Å². The van der Waals surface area contributed by atoms with Gasteiger partial charge in [0, 0.05) is 48.7 Å². The van der Waals surface area contributed by atoms with E-state index in [2.05, 4.69) is 35.8 Å². The molecule has 6 heterocycles. The van der Waals surface area contributed by atoms with Crippen LogP contribution in [0, 0.1) is 12.3 Å². The van der Waals surface area contributed by atoms with Crippen molar-refractivity contribution in [2.45, 2.75) is 43.2 Å². The number of pyridine rings is 3. The van der Waals surface area contributed by atoms with E-state index in [1.54, 1.807) is 31.5 Å². The molecule has 3 N–H and O–H groups in total. The van der Waals surface area contributed by atoms with Crippen LogP contribution in [-0.2, 0) is 21.2 Å². The molecule has 3 aliphatic rings. The van der Waals surface area contributed by atoms with Crippen molar-refractivity contribution in [3.63, 3.8) is 0 Å². The van der Waals surface area contributed by atoms with Gasteiger partial charge in [-0.1, -0.05) is 0 Å². The van der Waals surface area contributed by atoms with Crippen molar-refractivity contribution in [2.24, 2.45) is 5.41 Å². The van der Waals surface area contributed by atoms with Crippen molar-refractivity contribution in [2.75, 3.05) is 30.8 Å². The molecule has 0 unspecified atom stereocenters. The summed E-state index contributed by atoms with van der Waals surface area (Å²) in [5, 5.41) is 9.13. The Morgan fingerprint density at radius 2 is 1.83 bits per heavy atom. The maximum absolute atomic E-state index is 13.0. The third kappa shape index (κ3) is 5.19. The van der Waals surface area contributed by atoms with Crippen LogP contribution in [0.5, 0.6) is 0 Å². The van der Waals surface area contributed by atoms with Gasteiger partial charge in [0.05, 0.1) is 51.8 Å². The number of carbonyl (C=O) groups excluding carboxylic acids is 3. The number of nitrogens with one attached hydrogen (secondary N) is 3. The molecule has 0 bridgehead atoms. The van der Waals surface area contributed by atoms with Crippen LogP contribution in [0.3, 0.4) is 0 Å². The Bertz CT molecular complexity index is 2050. The smallest absolute Gasteiger partial charge is 0.315 e. The highest BCUT2D eigenvalue weighted by Gasteiger charge is 2.66. The first-order chi connectivity index (χ1) is 22.0. The fourth-order valence-electron chi connectivity index (χ4n) is 6.53. The van der Waals surface area contributed by atoms with E-state index in [0.29, 0.717) is 53.8 Å². The maximum atomic E-state index is 13.0. The quantitative estimate of drug-likeness (QED) is 0.278. The van der Waals surface area contributed by atoms with Crippen LogP contribution in [0.15, 0.2) is 53.8 Å². The van der Waals surface area contributed by atoms with Gasteiger partial charge in [0.15, 0.2) is 15.6 Å². The van der Waals surface area contributed by atoms with Gasteiger partial charge in [-0.25, -0.2) is 28.2 Å². The van der Waals surface area contributed by atoms with Crippen LogP contribution in [0.25, 0.3) is 22.3 Å². The number of aromatic nitrogens is 5. The molecule has 3 fully saturated rings. The second kappa shape index (κ2) is 10.8. The van der Waals surface area contributed by atoms with Crippen molar-refractivity contribution in [1.82, 2.24) is 40.9 Å². The average Bonchev–Trinajstić information content (AvgIpc) is 3.82. The lowest BCUT2D eigenvalue weighted by Crippen LogP contribution is -2.73. The number of aryl methyl sites for hydroxylation is 1. The molecule has 3 amide bonds. The first-order valence-electron chi connectivity index (χ1n) is 14.8. The number of nitrogens with zero attached hydrogens (tertiary/aromatic N) is 6. The third-order valence-electron chi connectivity index (χ3n) is 9.17. The summed E-state index contributed by atoms with van der Waals surface area (Å²) in [5.74, 6) is 0.0926. The highest BCUT2D eigenvalue weighted by atomic mass is 32.2. The molecule has 2 spiro atoms. The molecule has 2 aliphatic heterocycles. The van der Waals surface area contributed by atoms with Gasteiger partial charge < -0.3 is 20.9 Å². The Kier molecular flexibility index (Phi) is 6.95. The average molecular weight is 642 g/mol. The van der Waals surface area contributed by atoms with Crippen LogP contribution in [0.1, 0.15) is 41.0 Å². The van der Waals surface area contributed by atoms with E-state index < -0.39 is 21.3 Å². The molecule has 236 valence electrons. The number of rotatable bonds is 6. The lowest BCUT2D eigenvalue weighted by Gasteiger charge is -2.49. The summed E-state index contributed by atoms with van der Waals surface area (Å²) in [5.41, 5.74) is 1.77. The van der Waals surface area contributed by atoms with Gasteiger partial charge in [0.25, 0.3) is 5.91 Å². The van der Waals surface area contributed by atoms with Crippen molar-refractivity contribution in [3.05, 3.63) is 65.9 Å². The zero-order valence-electron chi connectivity index (χ0n) is 25.2. The number of sulfone groups is 1. The first-order valence-corrected chi connectivity index (χ1v) is 16.7. The molecule has 15 heteroatoms. The molecule has 46 heavy (non-hydrogen) atoms. The number of urea groups is 1. The highest BCUT2D eigenvalue weighted by molar-refractivity contribution is 7.90. The molecular weight excluding hydrogens is 610 g/mol. The number of Topliss-reactive ketones (excluding diaryl/α,β-unsaturated/α-hetero) is 1. The fraction of sp³-hybridized carbons (Fsp3) is 0.355. The molecule has 0 aromatic carbocycles. The van der Waals surface area contributed by atoms with E-state index in [-0.39, 0.29) is 40.8 Å². The minimum atomic E-state index is -3.53. The summed E-state index contributed by atoms with van der Waals surface area (Å²) < 4.78 is 24.1. The third-order valence-corrected chi connectivity index (χ3v) is 10.4. The van der Waals surface area contributed by atoms with Crippen molar-refractivity contribution in [3.8, 4) is 11.4 Å². The fourth-order valence-corrected chi connectivity index (χ4v) is 7.46. The standard InChI is InChI=1S/C31H31N9O5S/c1-18-25(46(2,44)45)11-20(14-33-18)27(42)35-15-21-12-24-19(13-34-21)3-4-22(37-24)23-5-9-32-28(38-23)40-10-8-31(30(17-40)6-7-30)26(41)16-36-29(43)39-31/h3-5,9,11-14H,6-8,10,15-17H2,1-2H3,(H,35,42)(H2,36,39,43)/t31-/m1/s1. The van der Waals surface area contributed by atoms with E-state index in [1.165, 1.54) is 12.3 Å². The summed E-state index contributed by atoms with van der Waals surface area (Å²) >= 11 is 0. The van der Waals surface area contributed by atoms with Gasteiger partial charge in [-0.15, -0.1) is 0 Å². The maximum Gasteiger partial charge on any atom is 0.315 e. The Morgan fingerprint density at radius 1 is 1.02 bits per heavy atom. The Balaban J connectivity index is 1.08. The zero-order valence-corrected chi connectivity index (χ0v) is 26.0. The van der Waals surface area contributed by atoms with E-state index in [0.717, 1.165) is 24.5 Å². The molecule has 1 saturated carbocycles. The molecule has 4 aromatic heterocycles. The summed E-state index contributed by atoms with van der Waals surface area (Å²) in [6.07, 6.45) is 7.97. The minimum absolute atomic E-state index is 0.00945. The monoisotopic (exact) mass is 641 g/mol. The van der Waals surface area contributed by atoms with E-state index in [9.17, 15) is 22.8 Å². The molecule has 2 saturated heterocycles. The summed E-state index contributed by atoms with van der Waals surface area (Å²) in [4.78, 5) is 62.7. The summed E-state index contributed by atoms with van der Waals surface area (Å²) in [6.45, 7) is 2.82. The van der Waals surface area contributed by atoms with Crippen molar-refractivity contribution >= 4 is 44.4 Å². The molecular formula is C31H31N9O5S. The van der Waals surface area contributed by atoms with Crippen LogP contribution in [-0.4, -0.2) is 82.5 Å². The number of hydrogen-bond donors (Lipinski definition) is 3. The van der Waals surface area contributed by atoms with Crippen LogP contribution in [0.4, 0.5) is 10.7 Å². The van der Waals surface area contributed by atoms with Crippen LogP contribution >= 0.6 is 0 Å². The SMILES string of the molecule is Cc1ncc(C(=O)NCc2cc3nc(-c4ccnc(N5CC[C@]6(NC(=O)NCC6=O)C6(CC6)C5)n4)ccc3cn2)cc1S(C)(=O)=O. The number of piperidine rings is 1. The van der Waals surface area contributed by atoms with Crippen LogP contribution < -0.4 is 20.9 Å². The van der Waals surface area contributed by atoms with E-state index in [4.69, 9.17) is 9.97 Å². The molecule has 14 nitrogen and oxygen atoms in total. The van der Waals surface area contributed by atoms with E-state index in [1.807, 2.05) is 12.1 Å². The molecule has 1 atom stereocenters. The normalized spacial score (nSPS) is 20.4. The van der Waals surface area contributed by atoms with Gasteiger partial charge in [-0.3, -0.25) is 19.6 Å². The number of amides is 3. The Morgan fingerprint density at radius 3 is 2.61 bits per heavy atom. The largest absolute Gasteiger partial charge is 0.346 e. The predicted molar refractivity (Wildman–Crippen MR) is 167 cm³/mol. The van der Waals surface area contributed by atoms with E-state index >= 15 is 0 Å². The second-order valence-corrected chi connectivity index (χ2v) is 14.1. The number of carbonyl (C=O) groups is 3. The first kappa shape index (κ1) is 29.6. The molecule has 7 rings (SSSR count). The van der Waals surface area contributed by atoms with Gasteiger partial charge >= 0.3 is 6.03 Å². The second-order valence-electron chi connectivity index (χ2n) is 12.2. The van der Waals surface area contributed by atoms with Crippen LogP contribution in [0.2, 0.25) is 0 Å². The zero-order chi connectivity index (χ0) is 32.3. The minimum Gasteiger partial charge on any atom is -0.346 e. The molecule has 1 aliphatic carbocycles. The Hall–Kier alpha value is -5.05.